The van der Waals surface area contributed by atoms with E-state index in [0.29, 0.717) is 31.1 Å². The number of aromatic nitrogens is 1. The summed E-state index contributed by atoms with van der Waals surface area (Å²) in [5, 5.41) is 2.85. The van der Waals surface area contributed by atoms with Crippen LogP contribution in [0.4, 0.5) is 5.69 Å². The van der Waals surface area contributed by atoms with Crippen molar-refractivity contribution in [1.82, 2.24) is 8.87 Å². The number of ether oxygens (including phenoxy) is 1. The topological polar surface area (TPSA) is 80.6 Å². The smallest absolute Gasteiger partial charge is 0.272 e. The van der Waals surface area contributed by atoms with Gasteiger partial charge >= 0.3 is 0 Å². The van der Waals surface area contributed by atoms with Gasteiger partial charge in [0, 0.05) is 26.3 Å². The Kier molecular flexibility index (Phi) is 6.97. The largest absolute Gasteiger partial charge is 0.491 e. The summed E-state index contributed by atoms with van der Waals surface area (Å²) in [5.74, 6) is 0.226. The van der Waals surface area contributed by atoms with Crippen molar-refractivity contribution in [2.45, 2.75) is 43.9 Å². The Labute approximate surface area is 172 Å². The maximum Gasteiger partial charge on any atom is 0.272 e. The quantitative estimate of drug-likeness (QED) is 0.663. The van der Waals surface area contributed by atoms with Gasteiger partial charge < -0.3 is 14.6 Å². The molecule has 2 heterocycles. The zero-order valence-electron chi connectivity index (χ0n) is 17.1. The summed E-state index contributed by atoms with van der Waals surface area (Å²) in [6.45, 7) is 3.72. The van der Waals surface area contributed by atoms with Crippen LogP contribution in [-0.2, 0) is 17.1 Å². The van der Waals surface area contributed by atoms with Gasteiger partial charge in [-0.15, -0.1) is 0 Å². The van der Waals surface area contributed by atoms with Crippen molar-refractivity contribution in [3.05, 3.63) is 42.2 Å². The number of sulfonamides is 1. The highest BCUT2D eigenvalue weighted by molar-refractivity contribution is 7.89. The first-order valence-corrected chi connectivity index (χ1v) is 11.6. The molecular weight excluding hydrogens is 390 g/mol. The lowest BCUT2D eigenvalue weighted by Crippen LogP contribution is -2.35. The number of benzene rings is 1. The van der Waals surface area contributed by atoms with Crippen molar-refractivity contribution >= 4 is 21.6 Å². The molecule has 1 saturated heterocycles. The van der Waals surface area contributed by atoms with Crippen molar-refractivity contribution in [3.63, 3.8) is 0 Å². The number of aryl methyl sites for hydroxylation is 1. The lowest BCUT2D eigenvalue weighted by Gasteiger charge is -2.25. The summed E-state index contributed by atoms with van der Waals surface area (Å²) in [5.41, 5.74) is 0.846. The molecule has 0 saturated carbocycles. The number of anilines is 1. The monoisotopic (exact) mass is 419 g/mol. The standard InChI is InChI=1S/C21H29N3O4S/c1-3-4-14-28-20-11-7-6-10-18(20)22-21(25)19-15-17(16-23(19)2)29(26,27)24-12-8-5-9-13-24/h6-7,10-11,15-16H,3-5,8-9,12-14H2,1-2H3,(H,22,25). The number of para-hydroxylation sites is 2. The van der Waals surface area contributed by atoms with E-state index in [4.69, 9.17) is 4.74 Å². The maximum atomic E-state index is 12.9. The summed E-state index contributed by atoms with van der Waals surface area (Å²) in [4.78, 5) is 13.0. The molecule has 1 N–H and O–H groups in total. The molecule has 29 heavy (non-hydrogen) atoms. The Bertz CT molecular complexity index is 947. The predicted octanol–water partition coefficient (Wildman–Crippen LogP) is 3.63. The van der Waals surface area contributed by atoms with Gasteiger partial charge in [0.05, 0.1) is 12.3 Å². The summed E-state index contributed by atoms with van der Waals surface area (Å²) in [6, 6.07) is 8.69. The number of unbranched alkanes of at least 4 members (excludes halogenated alkanes) is 1. The summed E-state index contributed by atoms with van der Waals surface area (Å²) in [6.07, 6.45) is 6.24. The van der Waals surface area contributed by atoms with Gasteiger partial charge in [-0.1, -0.05) is 31.9 Å². The first-order valence-electron chi connectivity index (χ1n) is 10.1. The number of nitrogens with zero attached hydrogens (tertiary/aromatic N) is 2. The van der Waals surface area contributed by atoms with Gasteiger partial charge in [0.25, 0.3) is 5.91 Å². The minimum Gasteiger partial charge on any atom is -0.491 e. The molecule has 0 radical (unpaired) electrons. The number of hydrogen-bond acceptors (Lipinski definition) is 4. The Hall–Kier alpha value is -2.32. The molecule has 0 spiro atoms. The van der Waals surface area contributed by atoms with Gasteiger partial charge in [0.1, 0.15) is 16.3 Å². The molecule has 1 aliphatic rings. The van der Waals surface area contributed by atoms with Crippen LogP contribution in [-0.4, -0.2) is 42.9 Å². The van der Waals surface area contributed by atoms with Crippen LogP contribution < -0.4 is 10.1 Å². The van der Waals surface area contributed by atoms with Gasteiger partial charge in [-0.2, -0.15) is 4.31 Å². The van der Waals surface area contributed by atoms with Crippen molar-refractivity contribution < 1.29 is 17.9 Å². The zero-order chi connectivity index (χ0) is 20.9. The molecule has 0 unspecified atom stereocenters. The van der Waals surface area contributed by atoms with Crippen LogP contribution in [0, 0.1) is 0 Å². The molecule has 2 aromatic rings. The minimum absolute atomic E-state index is 0.152. The van der Waals surface area contributed by atoms with Crippen LogP contribution in [0.15, 0.2) is 41.4 Å². The Morgan fingerprint density at radius 1 is 1.17 bits per heavy atom. The van der Waals surface area contributed by atoms with Crippen LogP contribution in [0.2, 0.25) is 0 Å². The normalized spacial score (nSPS) is 15.2. The summed E-state index contributed by atoms with van der Waals surface area (Å²) < 4.78 is 34.6. The van der Waals surface area contributed by atoms with E-state index >= 15 is 0 Å². The highest BCUT2D eigenvalue weighted by Crippen LogP contribution is 2.26. The molecule has 1 amide bonds. The first kappa shape index (κ1) is 21.4. The molecule has 8 heteroatoms. The lowest BCUT2D eigenvalue weighted by atomic mass is 10.2. The molecule has 0 atom stereocenters. The van der Waals surface area contributed by atoms with E-state index in [1.807, 2.05) is 18.2 Å². The Balaban J connectivity index is 1.77. The second kappa shape index (κ2) is 9.45. The van der Waals surface area contributed by atoms with Gasteiger partial charge in [-0.3, -0.25) is 4.79 Å². The van der Waals surface area contributed by atoms with Crippen molar-refractivity contribution in [3.8, 4) is 5.75 Å². The Morgan fingerprint density at radius 2 is 1.90 bits per heavy atom. The third-order valence-electron chi connectivity index (χ3n) is 5.06. The van der Waals surface area contributed by atoms with Crippen molar-refractivity contribution in [1.29, 1.82) is 0 Å². The average molecular weight is 420 g/mol. The van der Waals surface area contributed by atoms with Gasteiger partial charge in [0.15, 0.2) is 0 Å². The molecule has 1 aliphatic heterocycles. The fourth-order valence-electron chi connectivity index (χ4n) is 3.36. The number of rotatable bonds is 8. The number of carbonyl (C=O) groups excluding carboxylic acids is 1. The molecule has 1 aromatic carbocycles. The maximum absolute atomic E-state index is 12.9. The lowest BCUT2D eigenvalue weighted by molar-refractivity contribution is 0.101. The second-order valence-electron chi connectivity index (χ2n) is 7.29. The fraction of sp³-hybridized carbons (Fsp3) is 0.476. The number of nitrogens with one attached hydrogen (secondary N) is 1. The average Bonchev–Trinajstić information content (AvgIpc) is 3.13. The van der Waals surface area contributed by atoms with E-state index < -0.39 is 10.0 Å². The molecule has 0 aliphatic carbocycles. The number of piperidine rings is 1. The highest BCUT2D eigenvalue weighted by Gasteiger charge is 2.28. The van der Waals surface area contributed by atoms with E-state index in [0.717, 1.165) is 32.1 Å². The molecule has 0 bridgehead atoms. The van der Waals surface area contributed by atoms with Crippen LogP contribution in [0.25, 0.3) is 0 Å². The van der Waals surface area contributed by atoms with Gasteiger partial charge in [-0.05, 0) is 37.5 Å². The van der Waals surface area contributed by atoms with E-state index in [-0.39, 0.29) is 16.5 Å². The first-order chi connectivity index (χ1) is 13.9. The number of hydrogen-bond donors (Lipinski definition) is 1. The number of carbonyl (C=O) groups is 1. The molecule has 1 fully saturated rings. The van der Waals surface area contributed by atoms with Crippen LogP contribution in [0.1, 0.15) is 49.5 Å². The predicted molar refractivity (Wildman–Crippen MR) is 113 cm³/mol. The zero-order valence-corrected chi connectivity index (χ0v) is 17.9. The van der Waals surface area contributed by atoms with E-state index in [1.54, 1.807) is 17.7 Å². The third kappa shape index (κ3) is 5.00. The SMILES string of the molecule is CCCCOc1ccccc1NC(=O)c1cc(S(=O)(=O)N2CCCCC2)cn1C. The number of amides is 1. The summed E-state index contributed by atoms with van der Waals surface area (Å²) in [7, 11) is -1.91. The molecule has 7 nitrogen and oxygen atoms in total. The van der Waals surface area contributed by atoms with Crippen molar-refractivity contribution in [2.24, 2.45) is 7.05 Å². The molecule has 3 rings (SSSR count). The van der Waals surface area contributed by atoms with E-state index in [9.17, 15) is 13.2 Å². The fourth-order valence-corrected chi connectivity index (χ4v) is 4.95. The second-order valence-corrected chi connectivity index (χ2v) is 9.23. The molecule has 1 aromatic heterocycles. The van der Waals surface area contributed by atoms with Crippen LogP contribution >= 0.6 is 0 Å². The summed E-state index contributed by atoms with van der Waals surface area (Å²) >= 11 is 0. The van der Waals surface area contributed by atoms with Crippen LogP contribution in [0.3, 0.4) is 0 Å². The molecule has 158 valence electrons. The van der Waals surface area contributed by atoms with E-state index in [2.05, 4.69) is 12.2 Å². The van der Waals surface area contributed by atoms with Gasteiger partial charge in [0.2, 0.25) is 10.0 Å². The van der Waals surface area contributed by atoms with Gasteiger partial charge in [-0.25, -0.2) is 8.42 Å². The Morgan fingerprint density at radius 3 is 2.62 bits per heavy atom. The highest BCUT2D eigenvalue weighted by atomic mass is 32.2. The minimum atomic E-state index is -3.59. The molecular formula is C21H29N3O4S. The van der Waals surface area contributed by atoms with E-state index in [1.165, 1.54) is 16.6 Å². The van der Waals surface area contributed by atoms with Crippen molar-refractivity contribution in [2.75, 3.05) is 25.0 Å². The van der Waals surface area contributed by atoms with Crippen LogP contribution in [0.5, 0.6) is 5.75 Å². The third-order valence-corrected chi connectivity index (χ3v) is 6.92.